The fourth-order valence-electron chi connectivity index (χ4n) is 1.57. The van der Waals surface area contributed by atoms with Gasteiger partial charge in [-0.05, 0) is 38.1 Å². The molecule has 0 aliphatic carbocycles. The van der Waals surface area contributed by atoms with Gasteiger partial charge < -0.3 is 4.42 Å². The maximum atomic E-state index is 12.1. The minimum atomic E-state index is -3.65. The summed E-state index contributed by atoms with van der Waals surface area (Å²) in [5.41, 5.74) is 0. The maximum Gasteiger partial charge on any atom is 0.242 e. The summed E-state index contributed by atoms with van der Waals surface area (Å²) in [7, 11) is -3.65. The molecule has 0 bridgehead atoms. The van der Waals surface area contributed by atoms with Crippen molar-refractivity contribution in [2.24, 2.45) is 0 Å². The number of halogens is 1. The molecule has 0 saturated carbocycles. The lowest BCUT2D eigenvalue weighted by molar-refractivity contribution is 0.441. The second-order valence-electron chi connectivity index (χ2n) is 4.11. The van der Waals surface area contributed by atoms with Gasteiger partial charge in [0.2, 0.25) is 10.0 Å². The second kappa shape index (κ2) is 5.32. The SMILES string of the molecule is Cc1ccc(C(C)NS(=O)(=O)c2ccc(Cl)nc2)o1. The number of nitrogens with zero attached hydrogens (tertiary/aromatic N) is 1. The molecule has 102 valence electrons. The molecular weight excluding hydrogens is 288 g/mol. The number of furan rings is 1. The fraction of sp³-hybridized carbons (Fsp3) is 0.250. The van der Waals surface area contributed by atoms with Crippen molar-refractivity contribution in [2.45, 2.75) is 24.8 Å². The highest BCUT2D eigenvalue weighted by Crippen LogP contribution is 2.19. The quantitative estimate of drug-likeness (QED) is 0.881. The highest BCUT2D eigenvalue weighted by Gasteiger charge is 2.20. The van der Waals surface area contributed by atoms with E-state index in [9.17, 15) is 8.42 Å². The minimum Gasteiger partial charge on any atom is -0.465 e. The highest BCUT2D eigenvalue weighted by atomic mass is 35.5. The first-order valence-corrected chi connectivity index (χ1v) is 7.45. The van der Waals surface area contributed by atoms with Crippen molar-refractivity contribution in [1.29, 1.82) is 0 Å². The Kier molecular flexibility index (Phi) is 3.93. The standard InChI is InChI=1S/C12H13ClN2O3S/c1-8-3-5-11(18-8)9(2)15-19(16,17)10-4-6-12(13)14-7-10/h3-7,9,15H,1-2H3. The number of rotatable bonds is 4. The van der Waals surface area contributed by atoms with E-state index >= 15 is 0 Å². The number of sulfonamides is 1. The van der Waals surface area contributed by atoms with Gasteiger partial charge in [-0.15, -0.1) is 0 Å². The largest absolute Gasteiger partial charge is 0.465 e. The first kappa shape index (κ1) is 14.0. The molecule has 0 aromatic carbocycles. The van der Waals surface area contributed by atoms with E-state index in [1.165, 1.54) is 18.3 Å². The Bertz CT molecular complexity index is 665. The van der Waals surface area contributed by atoms with E-state index in [0.717, 1.165) is 5.76 Å². The van der Waals surface area contributed by atoms with Crippen LogP contribution in [0.3, 0.4) is 0 Å². The number of hydrogen-bond donors (Lipinski definition) is 1. The zero-order valence-electron chi connectivity index (χ0n) is 10.4. The predicted octanol–water partition coefficient (Wildman–Crippen LogP) is 2.68. The Labute approximate surface area is 116 Å². The molecular formula is C12H13ClN2O3S. The zero-order chi connectivity index (χ0) is 14.0. The van der Waals surface area contributed by atoms with Crippen molar-refractivity contribution < 1.29 is 12.8 Å². The van der Waals surface area contributed by atoms with Crippen LogP contribution < -0.4 is 4.72 Å². The van der Waals surface area contributed by atoms with Crippen LogP contribution >= 0.6 is 11.6 Å². The average molecular weight is 301 g/mol. The van der Waals surface area contributed by atoms with Gasteiger partial charge in [-0.1, -0.05) is 11.6 Å². The van der Waals surface area contributed by atoms with Crippen LogP contribution in [0, 0.1) is 6.92 Å². The van der Waals surface area contributed by atoms with E-state index in [-0.39, 0.29) is 10.0 Å². The predicted molar refractivity (Wildman–Crippen MR) is 71.4 cm³/mol. The maximum absolute atomic E-state index is 12.1. The summed E-state index contributed by atoms with van der Waals surface area (Å²) in [6, 6.07) is 5.89. The molecule has 2 aromatic heterocycles. The molecule has 2 heterocycles. The van der Waals surface area contributed by atoms with Crippen LogP contribution in [0.5, 0.6) is 0 Å². The van der Waals surface area contributed by atoms with Crippen molar-refractivity contribution in [3.63, 3.8) is 0 Å². The molecule has 0 fully saturated rings. The normalized spacial score (nSPS) is 13.4. The van der Waals surface area contributed by atoms with Crippen LogP contribution in [0.4, 0.5) is 0 Å². The molecule has 5 nitrogen and oxygen atoms in total. The van der Waals surface area contributed by atoms with Gasteiger partial charge in [0.05, 0.1) is 6.04 Å². The molecule has 0 aliphatic heterocycles. The Balaban J connectivity index is 2.19. The molecule has 7 heteroatoms. The molecule has 1 unspecified atom stereocenters. The molecule has 0 saturated heterocycles. The van der Waals surface area contributed by atoms with Crippen molar-refractivity contribution in [3.8, 4) is 0 Å². The van der Waals surface area contributed by atoms with Crippen LogP contribution in [0.15, 0.2) is 39.8 Å². The Morgan fingerprint density at radius 2 is 2.05 bits per heavy atom. The van der Waals surface area contributed by atoms with E-state index < -0.39 is 16.1 Å². The van der Waals surface area contributed by atoms with E-state index in [1.807, 2.05) is 0 Å². The van der Waals surface area contributed by atoms with E-state index in [1.54, 1.807) is 26.0 Å². The Hall–Kier alpha value is -1.37. The lowest BCUT2D eigenvalue weighted by Gasteiger charge is -2.11. The third-order valence-electron chi connectivity index (χ3n) is 2.53. The molecule has 0 radical (unpaired) electrons. The summed E-state index contributed by atoms with van der Waals surface area (Å²) in [5, 5.41) is 0.244. The first-order valence-electron chi connectivity index (χ1n) is 5.59. The fourth-order valence-corrected chi connectivity index (χ4v) is 2.83. The van der Waals surface area contributed by atoms with Crippen LogP contribution in [-0.4, -0.2) is 13.4 Å². The zero-order valence-corrected chi connectivity index (χ0v) is 12.0. The van der Waals surface area contributed by atoms with Crippen molar-refractivity contribution in [1.82, 2.24) is 9.71 Å². The number of nitrogens with one attached hydrogen (secondary N) is 1. The van der Waals surface area contributed by atoms with Gasteiger partial charge in [0.25, 0.3) is 0 Å². The Morgan fingerprint density at radius 1 is 1.32 bits per heavy atom. The van der Waals surface area contributed by atoms with Gasteiger partial charge in [-0.3, -0.25) is 0 Å². The number of hydrogen-bond acceptors (Lipinski definition) is 4. The van der Waals surface area contributed by atoms with E-state index in [2.05, 4.69) is 9.71 Å². The van der Waals surface area contributed by atoms with Crippen LogP contribution in [0.2, 0.25) is 5.15 Å². The van der Waals surface area contributed by atoms with Crippen LogP contribution in [-0.2, 0) is 10.0 Å². The van der Waals surface area contributed by atoms with Crippen LogP contribution in [0.25, 0.3) is 0 Å². The van der Waals surface area contributed by atoms with Gasteiger partial charge in [-0.25, -0.2) is 18.1 Å². The van der Waals surface area contributed by atoms with Gasteiger partial charge in [0, 0.05) is 6.20 Å². The minimum absolute atomic E-state index is 0.0621. The average Bonchev–Trinajstić information content (AvgIpc) is 2.76. The van der Waals surface area contributed by atoms with Crippen molar-refractivity contribution >= 4 is 21.6 Å². The first-order chi connectivity index (χ1) is 8.88. The topological polar surface area (TPSA) is 72.2 Å². The third-order valence-corrected chi connectivity index (χ3v) is 4.28. The summed E-state index contributed by atoms with van der Waals surface area (Å²) in [6.45, 7) is 3.51. The van der Waals surface area contributed by atoms with E-state index in [0.29, 0.717) is 5.76 Å². The summed E-state index contributed by atoms with van der Waals surface area (Å²) < 4.78 is 32.1. The third kappa shape index (κ3) is 3.34. The summed E-state index contributed by atoms with van der Waals surface area (Å²) >= 11 is 5.62. The summed E-state index contributed by atoms with van der Waals surface area (Å²) in [4.78, 5) is 3.81. The smallest absolute Gasteiger partial charge is 0.242 e. The van der Waals surface area contributed by atoms with Crippen LogP contribution in [0.1, 0.15) is 24.5 Å². The molecule has 1 N–H and O–H groups in total. The van der Waals surface area contributed by atoms with Gasteiger partial charge in [0.1, 0.15) is 21.6 Å². The molecule has 1 atom stereocenters. The molecule has 0 spiro atoms. The molecule has 0 aliphatic rings. The second-order valence-corrected chi connectivity index (χ2v) is 6.21. The van der Waals surface area contributed by atoms with Gasteiger partial charge >= 0.3 is 0 Å². The number of aromatic nitrogens is 1. The van der Waals surface area contributed by atoms with Gasteiger partial charge in [-0.2, -0.15) is 0 Å². The van der Waals surface area contributed by atoms with E-state index in [4.69, 9.17) is 16.0 Å². The number of aryl methyl sites for hydroxylation is 1. The number of pyridine rings is 1. The monoisotopic (exact) mass is 300 g/mol. The molecule has 0 amide bonds. The Morgan fingerprint density at radius 3 is 2.58 bits per heavy atom. The molecule has 2 aromatic rings. The summed E-state index contributed by atoms with van der Waals surface area (Å²) in [5.74, 6) is 1.29. The molecule has 19 heavy (non-hydrogen) atoms. The van der Waals surface area contributed by atoms with Crippen molar-refractivity contribution in [3.05, 3.63) is 47.1 Å². The molecule has 2 rings (SSSR count). The highest BCUT2D eigenvalue weighted by molar-refractivity contribution is 7.89. The lowest BCUT2D eigenvalue weighted by Crippen LogP contribution is -2.26. The summed E-state index contributed by atoms with van der Waals surface area (Å²) in [6.07, 6.45) is 1.21. The van der Waals surface area contributed by atoms with Crippen molar-refractivity contribution in [2.75, 3.05) is 0 Å². The lowest BCUT2D eigenvalue weighted by atomic mass is 10.3. The van der Waals surface area contributed by atoms with Gasteiger partial charge in [0.15, 0.2) is 0 Å².